The molecule has 0 radical (unpaired) electrons. The summed E-state index contributed by atoms with van der Waals surface area (Å²) >= 11 is 0. The smallest absolute Gasteiger partial charge is 0.249 e. The summed E-state index contributed by atoms with van der Waals surface area (Å²) in [7, 11) is 0. The van der Waals surface area contributed by atoms with Crippen molar-refractivity contribution in [2.45, 2.75) is 46.1 Å². The minimum atomic E-state index is -0.299. The number of hydrogen-bond acceptors (Lipinski definition) is 6. The van der Waals surface area contributed by atoms with Gasteiger partial charge in [-0.05, 0) is 55.8 Å². The topological polar surface area (TPSA) is 92.9 Å². The molecule has 2 aromatic rings. The van der Waals surface area contributed by atoms with Crippen LogP contribution in [-0.2, 0) is 4.79 Å². The summed E-state index contributed by atoms with van der Waals surface area (Å²) in [4.78, 5) is 21.2. The third kappa shape index (κ3) is 6.94. The van der Waals surface area contributed by atoms with Crippen molar-refractivity contribution >= 4 is 30.7 Å². The average Bonchev–Trinajstić information content (AvgIpc) is 3.17. The van der Waals surface area contributed by atoms with Crippen molar-refractivity contribution in [2.24, 2.45) is 17.8 Å². The number of carbonyl (C=O) groups is 1. The van der Waals surface area contributed by atoms with E-state index in [1.807, 2.05) is 26.0 Å². The van der Waals surface area contributed by atoms with Crippen LogP contribution in [0.2, 0.25) is 0 Å². The van der Waals surface area contributed by atoms with E-state index in [0.717, 1.165) is 18.7 Å². The van der Waals surface area contributed by atoms with Crippen LogP contribution in [0.4, 0.5) is 0 Å². The Morgan fingerprint density at radius 1 is 1.34 bits per heavy atom. The summed E-state index contributed by atoms with van der Waals surface area (Å²) in [6, 6.07) is 3.41. The zero-order valence-corrected chi connectivity index (χ0v) is 18.8. The summed E-state index contributed by atoms with van der Waals surface area (Å²) in [6.07, 6.45) is 6.28. The van der Waals surface area contributed by atoms with Crippen LogP contribution in [0.1, 0.15) is 52.0 Å². The van der Waals surface area contributed by atoms with Gasteiger partial charge in [-0.2, -0.15) is 4.98 Å². The molecule has 3 heterocycles. The van der Waals surface area contributed by atoms with E-state index in [0.29, 0.717) is 30.0 Å². The van der Waals surface area contributed by atoms with Gasteiger partial charge in [0.05, 0.1) is 0 Å². The highest BCUT2D eigenvalue weighted by molar-refractivity contribution is 5.85. The molecule has 1 amide bonds. The second-order valence-corrected chi connectivity index (χ2v) is 7.77. The van der Waals surface area contributed by atoms with Crippen molar-refractivity contribution in [3.8, 4) is 11.4 Å². The van der Waals surface area contributed by atoms with Gasteiger partial charge in [0.25, 0.3) is 0 Å². The van der Waals surface area contributed by atoms with Crippen molar-refractivity contribution in [1.82, 2.24) is 25.8 Å². The zero-order valence-electron chi connectivity index (χ0n) is 17.1. The quantitative estimate of drug-likeness (QED) is 0.675. The van der Waals surface area contributed by atoms with Gasteiger partial charge >= 0.3 is 0 Å². The Morgan fingerprint density at radius 3 is 2.76 bits per heavy atom. The second kappa shape index (κ2) is 12.1. The largest absolute Gasteiger partial charge is 0.344 e. The molecule has 1 aliphatic heterocycles. The van der Waals surface area contributed by atoms with Crippen LogP contribution in [0.25, 0.3) is 11.4 Å². The highest BCUT2D eigenvalue weighted by atomic mass is 35.5. The van der Waals surface area contributed by atoms with Gasteiger partial charge < -0.3 is 15.2 Å². The van der Waals surface area contributed by atoms with Gasteiger partial charge in [-0.15, -0.1) is 24.8 Å². The molecule has 3 rings (SSSR count). The predicted molar refractivity (Wildman–Crippen MR) is 117 cm³/mol. The Labute approximate surface area is 184 Å². The van der Waals surface area contributed by atoms with E-state index in [1.165, 1.54) is 12.8 Å². The number of aromatic nitrogens is 3. The van der Waals surface area contributed by atoms with Crippen molar-refractivity contribution in [3.05, 3.63) is 30.4 Å². The Bertz CT molecular complexity index is 735. The summed E-state index contributed by atoms with van der Waals surface area (Å²) in [5.41, 5.74) is 0.791. The highest BCUT2D eigenvalue weighted by Crippen LogP contribution is 2.25. The highest BCUT2D eigenvalue weighted by Gasteiger charge is 2.27. The molecule has 1 saturated heterocycles. The van der Waals surface area contributed by atoms with Gasteiger partial charge in [-0.25, -0.2) is 0 Å². The first-order valence-electron chi connectivity index (χ1n) is 9.78. The van der Waals surface area contributed by atoms with Crippen LogP contribution in [0, 0.1) is 17.8 Å². The van der Waals surface area contributed by atoms with Gasteiger partial charge in [0.1, 0.15) is 6.04 Å². The van der Waals surface area contributed by atoms with E-state index in [9.17, 15) is 4.79 Å². The van der Waals surface area contributed by atoms with Crippen molar-refractivity contribution in [2.75, 3.05) is 13.1 Å². The molecular weight excluding hydrogens is 413 g/mol. The van der Waals surface area contributed by atoms with E-state index >= 15 is 0 Å². The van der Waals surface area contributed by atoms with Crippen LogP contribution in [0.5, 0.6) is 0 Å². The molecule has 3 unspecified atom stereocenters. The fraction of sp³-hybridized carbons (Fsp3) is 0.600. The lowest BCUT2D eigenvalue weighted by molar-refractivity contribution is -0.123. The van der Waals surface area contributed by atoms with Crippen LogP contribution < -0.4 is 10.6 Å². The number of halogens is 2. The number of carbonyl (C=O) groups excluding carboxylic acids is 1. The predicted octanol–water partition coefficient (Wildman–Crippen LogP) is 3.81. The molecule has 2 N–H and O–H groups in total. The normalized spacial score (nSPS) is 18.3. The Hall–Kier alpha value is -1.70. The maximum absolute atomic E-state index is 12.6. The minimum Gasteiger partial charge on any atom is -0.344 e. The van der Waals surface area contributed by atoms with Crippen molar-refractivity contribution < 1.29 is 9.32 Å². The van der Waals surface area contributed by atoms with Crippen molar-refractivity contribution in [3.63, 3.8) is 0 Å². The molecule has 3 atom stereocenters. The van der Waals surface area contributed by atoms with Crippen LogP contribution >= 0.6 is 24.8 Å². The van der Waals surface area contributed by atoms with E-state index in [2.05, 4.69) is 32.7 Å². The number of pyridine rings is 1. The van der Waals surface area contributed by atoms with Crippen LogP contribution in [0.3, 0.4) is 0 Å². The molecule has 2 aromatic heterocycles. The molecule has 162 valence electrons. The van der Waals surface area contributed by atoms with Crippen molar-refractivity contribution in [1.29, 1.82) is 0 Å². The Kier molecular flexibility index (Phi) is 10.6. The monoisotopic (exact) mass is 443 g/mol. The Balaban J connectivity index is 0.00000210. The summed E-state index contributed by atoms with van der Waals surface area (Å²) in [5, 5.41) is 10.6. The lowest BCUT2D eigenvalue weighted by Gasteiger charge is -2.28. The number of hydrogen-bond donors (Lipinski definition) is 2. The SMILES string of the molecule is CC(C)C(NC(=O)CC(C)C1CCCNC1)c1nc(-c2cccnc2)no1.Cl.Cl. The van der Waals surface area contributed by atoms with Gasteiger partial charge in [0.15, 0.2) is 0 Å². The lowest BCUT2D eigenvalue weighted by atomic mass is 9.85. The van der Waals surface area contributed by atoms with E-state index < -0.39 is 0 Å². The first kappa shape index (κ1) is 25.3. The maximum atomic E-state index is 12.6. The van der Waals surface area contributed by atoms with Gasteiger partial charge in [0, 0.05) is 24.4 Å². The molecule has 29 heavy (non-hydrogen) atoms. The van der Waals surface area contributed by atoms with Crippen LogP contribution in [0.15, 0.2) is 29.0 Å². The molecule has 1 fully saturated rings. The first-order valence-corrected chi connectivity index (χ1v) is 9.78. The Morgan fingerprint density at radius 2 is 2.14 bits per heavy atom. The zero-order chi connectivity index (χ0) is 19.2. The molecule has 9 heteroatoms. The number of amides is 1. The number of nitrogens with zero attached hydrogens (tertiary/aromatic N) is 3. The summed E-state index contributed by atoms with van der Waals surface area (Å²) in [5.74, 6) is 2.00. The first-order chi connectivity index (χ1) is 13.0. The van der Waals surface area contributed by atoms with Crippen LogP contribution in [-0.4, -0.2) is 34.1 Å². The van der Waals surface area contributed by atoms with Gasteiger partial charge in [-0.3, -0.25) is 9.78 Å². The maximum Gasteiger partial charge on any atom is 0.249 e. The molecule has 0 spiro atoms. The molecule has 0 bridgehead atoms. The molecular formula is C20H31Cl2N5O2. The van der Waals surface area contributed by atoms with E-state index in [1.54, 1.807) is 12.4 Å². The molecule has 1 aliphatic rings. The molecule has 0 saturated carbocycles. The average molecular weight is 444 g/mol. The third-order valence-electron chi connectivity index (χ3n) is 5.26. The fourth-order valence-corrected chi connectivity index (χ4v) is 3.54. The van der Waals surface area contributed by atoms with E-state index in [-0.39, 0.29) is 42.7 Å². The lowest BCUT2D eigenvalue weighted by Crippen LogP contribution is -2.37. The van der Waals surface area contributed by atoms with Gasteiger partial charge in [0.2, 0.25) is 17.6 Å². The fourth-order valence-electron chi connectivity index (χ4n) is 3.54. The number of piperidine rings is 1. The third-order valence-corrected chi connectivity index (χ3v) is 5.26. The summed E-state index contributed by atoms with van der Waals surface area (Å²) < 4.78 is 5.45. The van der Waals surface area contributed by atoms with Gasteiger partial charge in [-0.1, -0.05) is 25.9 Å². The number of rotatable bonds is 7. The molecule has 0 aromatic carbocycles. The number of nitrogens with one attached hydrogen (secondary N) is 2. The molecule has 7 nitrogen and oxygen atoms in total. The summed E-state index contributed by atoms with van der Waals surface area (Å²) in [6.45, 7) is 8.32. The standard InChI is InChI=1S/C20H29N5O2.2ClH/c1-13(2)18(20-24-19(25-27-20)16-7-5-9-22-12-16)23-17(26)10-14(3)15-6-4-8-21-11-15;;/h5,7,9,12-15,18,21H,4,6,8,10-11H2,1-3H3,(H,23,26);2*1H. The minimum absolute atomic E-state index is 0. The second-order valence-electron chi connectivity index (χ2n) is 7.77. The molecule has 0 aliphatic carbocycles. The van der Waals surface area contributed by atoms with E-state index in [4.69, 9.17) is 4.52 Å².